The van der Waals surface area contributed by atoms with E-state index in [0.29, 0.717) is 17.3 Å². The van der Waals surface area contributed by atoms with Crippen molar-refractivity contribution < 1.29 is 0 Å². The van der Waals surface area contributed by atoms with Gasteiger partial charge in [0.2, 0.25) is 0 Å². The summed E-state index contributed by atoms with van der Waals surface area (Å²) in [7, 11) is 0. The molecule has 0 aromatic heterocycles. The van der Waals surface area contributed by atoms with Crippen LogP contribution in [0.3, 0.4) is 0 Å². The molecule has 2 heterocycles. The molecule has 1 atom stereocenters. The lowest BCUT2D eigenvalue weighted by Crippen LogP contribution is -2.47. The first-order valence-electron chi connectivity index (χ1n) is 14.1. The Hall–Kier alpha value is -2.62. The first-order valence-corrected chi connectivity index (χ1v) is 14.1. The summed E-state index contributed by atoms with van der Waals surface area (Å²) in [6.45, 7) is 11.9. The Morgan fingerprint density at radius 3 is 1.97 bits per heavy atom. The average Bonchev–Trinajstić information content (AvgIpc) is 3.32. The molecule has 2 aliphatic heterocycles. The molecule has 186 valence electrons. The second-order valence-corrected chi connectivity index (χ2v) is 11.9. The highest BCUT2D eigenvalue weighted by atomic mass is 15.3. The van der Waals surface area contributed by atoms with Crippen LogP contribution in [-0.2, 0) is 0 Å². The Morgan fingerprint density at radius 2 is 1.31 bits per heavy atom. The van der Waals surface area contributed by atoms with Crippen LogP contribution in [0.1, 0.15) is 58.9 Å². The molecule has 0 saturated carbocycles. The van der Waals surface area contributed by atoms with Crippen LogP contribution in [0.4, 0.5) is 5.69 Å². The molecule has 1 unspecified atom stereocenters. The second kappa shape index (κ2) is 9.04. The lowest BCUT2D eigenvalue weighted by Gasteiger charge is -2.52. The van der Waals surface area contributed by atoms with Gasteiger partial charge in [0.25, 0.3) is 0 Å². The van der Waals surface area contributed by atoms with Crippen LogP contribution < -0.4 is 4.90 Å². The van der Waals surface area contributed by atoms with Crippen LogP contribution in [0, 0.1) is 12.3 Å². The molecule has 3 nitrogen and oxygen atoms in total. The minimum absolute atomic E-state index is 0.424. The summed E-state index contributed by atoms with van der Waals surface area (Å²) in [6, 6.07) is 27.7. The zero-order valence-corrected chi connectivity index (χ0v) is 21.7. The topological polar surface area (TPSA) is 9.72 Å². The number of nitrogens with zero attached hydrogens (tertiary/aromatic N) is 3. The lowest BCUT2D eigenvalue weighted by atomic mass is 9.52. The number of piperazine rings is 1. The molecule has 0 amide bonds. The van der Waals surface area contributed by atoms with Crippen LogP contribution in [0.2, 0.25) is 0 Å². The third-order valence-electron chi connectivity index (χ3n) is 9.77. The second-order valence-electron chi connectivity index (χ2n) is 11.9. The number of hydrogen-bond acceptors (Lipinski definition) is 3. The summed E-state index contributed by atoms with van der Waals surface area (Å²) >= 11 is 0. The molecular weight excluding hydrogens is 438 g/mol. The van der Waals surface area contributed by atoms with Crippen molar-refractivity contribution in [1.29, 1.82) is 0 Å². The fourth-order valence-corrected chi connectivity index (χ4v) is 8.00. The molecule has 0 N–H and O–H groups in total. The van der Waals surface area contributed by atoms with E-state index in [1.165, 1.54) is 69.8 Å². The molecule has 3 aromatic rings. The average molecular weight is 478 g/mol. The zero-order valence-electron chi connectivity index (χ0n) is 21.7. The quantitative estimate of drug-likeness (QED) is 0.454. The lowest BCUT2D eigenvalue weighted by molar-refractivity contribution is 0.173. The van der Waals surface area contributed by atoms with Gasteiger partial charge < -0.3 is 9.80 Å². The predicted octanol–water partition coefficient (Wildman–Crippen LogP) is 5.88. The third kappa shape index (κ3) is 3.79. The van der Waals surface area contributed by atoms with E-state index in [4.69, 9.17) is 0 Å². The molecule has 3 aliphatic carbocycles. The number of hydrogen-bond donors (Lipinski definition) is 0. The number of likely N-dealkylation sites (tertiary alicyclic amines) is 1. The van der Waals surface area contributed by atoms with Gasteiger partial charge in [0.15, 0.2) is 0 Å². The summed E-state index contributed by atoms with van der Waals surface area (Å²) in [5.74, 6) is 1.17. The fourth-order valence-electron chi connectivity index (χ4n) is 8.00. The highest BCUT2D eigenvalue weighted by Crippen LogP contribution is 2.63. The van der Waals surface area contributed by atoms with E-state index in [1.54, 1.807) is 22.3 Å². The van der Waals surface area contributed by atoms with E-state index in [1.807, 2.05) is 0 Å². The van der Waals surface area contributed by atoms with E-state index >= 15 is 0 Å². The Kier molecular flexibility index (Phi) is 5.67. The van der Waals surface area contributed by atoms with Gasteiger partial charge in [-0.25, -0.2) is 0 Å². The van der Waals surface area contributed by atoms with Gasteiger partial charge in [0, 0.05) is 50.2 Å². The molecule has 0 radical (unpaired) electrons. The summed E-state index contributed by atoms with van der Waals surface area (Å²) in [4.78, 5) is 8.04. The molecule has 3 heteroatoms. The van der Waals surface area contributed by atoms with Crippen molar-refractivity contribution in [2.45, 2.75) is 38.0 Å². The Balaban J connectivity index is 0.969. The molecular formula is C33H39N3. The van der Waals surface area contributed by atoms with Crippen molar-refractivity contribution in [2.24, 2.45) is 5.41 Å². The highest BCUT2D eigenvalue weighted by molar-refractivity contribution is 5.57. The maximum atomic E-state index is 2.80. The van der Waals surface area contributed by atoms with Crippen LogP contribution in [-0.4, -0.2) is 62.2 Å². The predicted molar refractivity (Wildman–Crippen MR) is 149 cm³/mol. The Morgan fingerprint density at radius 1 is 0.694 bits per heavy atom. The number of benzene rings is 3. The van der Waals surface area contributed by atoms with Crippen LogP contribution in [0.15, 0.2) is 72.8 Å². The van der Waals surface area contributed by atoms with Gasteiger partial charge >= 0.3 is 0 Å². The largest absolute Gasteiger partial charge is 0.369 e. The third-order valence-corrected chi connectivity index (χ3v) is 9.77. The van der Waals surface area contributed by atoms with Gasteiger partial charge in [-0.3, -0.25) is 4.90 Å². The van der Waals surface area contributed by atoms with Crippen LogP contribution >= 0.6 is 0 Å². The zero-order chi connectivity index (χ0) is 24.1. The first-order chi connectivity index (χ1) is 17.7. The smallest absolute Gasteiger partial charge is 0.0367 e. The molecule has 8 rings (SSSR count). The molecule has 2 fully saturated rings. The number of aryl methyl sites for hydroxylation is 1. The maximum Gasteiger partial charge on any atom is 0.0367 e. The van der Waals surface area contributed by atoms with Gasteiger partial charge in [-0.05, 0) is 85.6 Å². The van der Waals surface area contributed by atoms with Gasteiger partial charge in [-0.15, -0.1) is 0 Å². The number of anilines is 1. The number of rotatable bonds is 5. The van der Waals surface area contributed by atoms with Gasteiger partial charge in [-0.1, -0.05) is 66.2 Å². The van der Waals surface area contributed by atoms with E-state index in [-0.39, 0.29) is 0 Å². The summed E-state index contributed by atoms with van der Waals surface area (Å²) in [5, 5.41) is 0. The summed E-state index contributed by atoms with van der Waals surface area (Å²) < 4.78 is 0. The van der Waals surface area contributed by atoms with Crippen molar-refractivity contribution >= 4 is 5.69 Å². The molecule has 5 aliphatic rings. The molecule has 1 spiro atoms. The molecule has 2 bridgehead atoms. The van der Waals surface area contributed by atoms with Gasteiger partial charge in [0.05, 0.1) is 0 Å². The maximum absolute atomic E-state index is 2.80. The standard InChI is InChI=1S/C33H39N3/c1-25-11-13-26(14-12-25)36-21-19-34(20-22-36)16-6-17-35-18-15-33(24-35)23-31-27-7-2-4-9-29(27)32(33)30-10-5-3-8-28(30)31/h2-5,7-14,31-32H,6,15-24H2,1H3. The summed E-state index contributed by atoms with van der Waals surface area (Å²) in [5.41, 5.74) is 9.61. The van der Waals surface area contributed by atoms with Crippen LogP contribution in [0.5, 0.6) is 0 Å². The Bertz CT molecular complexity index is 1180. The normalized spacial score (nSPS) is 27.4. The summed E-state index contributed by atoms with van der Waals surface area (Å²) in [6.07, 6.45) is 3.98. The van der Waals surface area contributed by atoms with Crippen LogP contribution in [0.25, 0.3) is 0 Å². The molecule has 36 heavy (non-hydrogen) atoms. The molecule has 3 aromatic carbocycles. The van der Waals surface area contributed by atoms with Gasteiger partial charge in [-0.2, -0.15) is 0 Å². The SMILES string of the molecule is Cc1ccc(N2CCN(CCCN3CCC4(CC5c6ccccc6C4c4ccccc45)C3)CC2)cc1. The highest BCUT2D eigenvalue weighted by Gasteiger charge is 2.54. The van der Waals surface area contributed by atoms with E-state index < -0.39 is 0 Å². The van der Waals surface area contributed by atoms with Crippen molar-refractivity contribution in [1.82, 2.24) is 9.80 Å². The van der Waals surface area contributed by atoms with Gasteiger partial charge in [0.1, 0.15) is 0 Å². The van der Waals surface area contributed by atoms with Crippen molar-refractivity contribution in [3.63, 3.8) is 0 Å². The van der Waals surface area contributed by atoms with Crippen molar-refractivity contribution in [3.8, 4) is 0 Å². The fraction of sp³-hybridized carbons (Fsp3) is 0.455. The minimum atomic E-state index is 0.424. The Labute approximate surface area is 216 Å². The van der Waals surface area contributed by atoms with Crippen molar-refractivity contribution in [2.75, 3.05) is 57.3 Å². The van der Waals surface area contributed by atoms with E-state index in [9.17, 15) is 0 Å². The van der Waals surface area contributed by atoms with Crippen molar-refractivity contribution in [3.05, 3.63) is 101 Å². The minimum Gasteiger partial charge on any atom is -0.369 e. The van der Waals surface area contributed by atoms with E-state index in [2.05, 4.69) is 94.4 Å². The first kappa shape index (κ1) is 22.6. The van der Waals surface area contributed by atoms with E-state index in [0.717, 1.165) is 13.1 Å². The monoisotopic (exact) mass is 477 g/mol. The molecule has 2 saturated heterocycles.